The summed E-state index contributed by atoms with van der Waals surface area (Å²) in [5.74, 6) is 0.128. The molecule has 13 heavy (non-hydrogen) atoms. The van der Waals surface area contributed by atoms with Gasteiger partial charge in [0.2, 0.25) is 0 Å². The Balaban J connectivity index is 3.49. The van der Waals surface area contributed by atoms with Crippen LogP contribution in [-0.2, 0) is 9.53 Å². The number of hydrogen-bond acceptors (Lipinski definition) is 4. The predicted molar refractivity (Wildman–Crippen MR) is 52.9 cm³/mol. The molecule has 0 spiro atoms. The van der Waals surface area contributed by atoms with E-state index in [9.17, 15) is 4.79 Å². The van der Waals surface area contributed by atoms with E-state index in [2.05, 4.69) is 4.90 Å². The van der Waals surface area contributed by atoms with Gasteiger partial charge in [-0.15, -0.1) is 0 Å². The fourth-order valence-corrected chi connectivity index (χ4v) is 0.957. The van der Waals surface area contributed by atoms with E-state index in [4.69, 9.17) is 4.74 Å². The van der Waals surface area contributed by atoms with Gasteiger partial charge in [-0.05, 0) is 21.1 Å². The average molecular weight is 188 g/mol. The van der Waals surface area contributed by atoms with Crippen molar-refractivity contribution >= 4 is 5.78 Å². The van der Waals surface area contributed by atoms with Crippen molar-refractivity contribution in [3.8, 4) is 0 Å². The van der Waals surface area contributed by atoms with Crippen LogP contribution in [-0.4, -0.2) is 70.1 Å². The van der Waals surface area contributed by atoms with E-state index < -0.39 is 0 Å². The zero-order valence-electron chi connectivity index (χ0n) is 9.04. The molecule has 4 nitrogen and oxygen atoms in total. The van der Waals surface area contributed by atoms with E-state index >= 15 is 0 Å². The number of likely N-dealkylation sites (N-methyl/N-ethyl adjacent to an activating group) is 2. The van der Waals surface area contributed by atoms with Crippen LogP contribution in [0.15, 0.2) is 0 Å². The van der Waals surface area contributed by atoms with Gasteiger partial charge in [-0.1, -0.05) is 0 Å². The SMILES string of the molecule is COCC(=O)CN(C)CCN(C)C. The third-order valence-corrected chi connectivity index (χ3v) is 1.68. The van der Waals surface area contributed by atoms with Crippen LogP contribution in [0.5, 0.6) is 0 Å². The number of rotatable bonds is 7. The second kappa shape index (κ2) is 7.00. The molecule has 0 aliphatic carbocycles. The van der Waals surface area contributed by atoms with Gasteiger partial charge in [-0.25, -0.2) is 0 Å². The van der Waals surface area contributed by atoms with Gasteiger partial charge in [0, 0.05) is 20.2 Å². The van der Waals surface area contributed by atoms with Crippen LogP contribution in [0.4, 0.5) is 0 Å². The molecule has 78 valence electrons. The van der Waals surface area contributed by atoms with Crippen molar-refractivity contribution in [2.75, 3.05) is 54.5 Å². The highest BCUT2D eigenvalue weighted by Crippen LogP contribution is 1.85. The van der Waals surface area contributed by atoms with Crippen LogP contribution in [0.25, 0.3) is 0 Å². The molecule has 0 radical (unpaired) electrons. The van der Waals surface area contributed by atoms with Crippen molar-refractivity contribution in [3.05, 3.63) is 0 Å². The molecule has 0 N–H and O–H groups in total. The third kappa shape index (κ3) is 7.90. The lowest BCUT2D eigenvalue weighted by molar-refractivity contribution is -0.123. The van der Waals surface area contributed by atoms with Crippen molar-refractivity contribution in [2.45, 2.75) is 0 Å². The predicted octanol–water partition coefficient (Wildman–Crippen LogP) is -0.305. The highest BCUT2D eigenvalue weighted by atomic mass is 16.5. The van der Waals surface area contributed by atoms with Gasteiger partial charge >= 0.3 is 0 Å². The van der Waals surface area contributed by atoms with Gasteiger partial charge in [-0.2, -0.15) is 0 Å². The summed E-state index contributed by atoms with van der Waals surface area (Å²) in [5, 5.41) is 0. The van der Waals surface area contributed by atoms with Crippen molar-refractivity contribution in [2.24, 2.45) is 0 Å². The number of Topliss-reactive ketones (excluding diaryl/α,β-unsaturated/α-hetero) is 1. The van der Waals surface area contributed by atoms with Gasteiger partial charge < -0.3 is 9.64 Å². The Labute approximate surface area is 80.5 Å². The summed E-state index contributed by atoms with van der Waals surface area (Å²) in [5.41, 5.74) is 0. The maximum absolute atomic E-state index is 11.1. The Hall–Kier alpha value is -0.450. The second-order valence-electron chi connectivity index (χ2n) is 3.51. The summed E-state index contributed by atoms with van der Waals surface area (Å²) < 4.78 is 4.74. The summed E-state index contributed by atoms with van der Waals surface area (Å²) >= 11 is 0. The fourth-order valence-electron chi connectivity index (χ4n) is 0.957. The fraction of sp³-hybridized carbons (Fsp3) is 0.889. The average Bonchev–Trinajstić information content (AvgIpc) is 2.01. The zero-order chi connectivity index (χ0) is 10.3. The van der Waals surface area contributed by atoms with Gasteiger partial charge in [0.15, 0.2) is 5.78 Å². The first-order valence-electron chi connectivity index (χ1n) is 4.40. The molecule has 0 saturated carbocycles. The number of hydrogen-bond donors (Lipinski definition) is 0. The number of nitrogens with zero attached hydrogens (tertiary/aromatic N) is 2. The molecule has 0 fully saturated rings. The molecule has 0 heterocycles. The third-order valence-electron chi connectivity index (χ3n) is 1.68. The molecule has 0 aliphatic rings. The largest absolute Gasteiger partial charge is 0.377 e. The summed E-state index contributed by atoms with van der Waals surface area (Å²) in [6, 6.07) is 0. The number of methoxy groups -OCH3 is 1. The number of carbonyl (C=O) groups excluding carboxylic acids is 1. The minimum absolute atomic E-state index is 0.128. The lowest BCUT2D eigenvalue weighted by atomic mass is 10.4. The Morgan fingerprint density at radius 3 is 2.31 bits per heavy atom. The summed E-state index contributed by atoms with van der Waals surface area (Å²) in [6.45, 7) is 2.56. The van der Waals surface area contributed by atoms with Crippen LogP contribution in [0, 0.1) is 0 Å². The van der Waals surface area contributed by atoms with Crippen LogP contribution in [0.3, 0.4) is 0 Å². The van der Waals surface area contributed by atoms with E-state index in [-0.39, 0.29) is 12.4 Å². The number of ether oxygens (including phenoxy) is 1. The molecular formula is C9H20N2O2. The first-order chi connectivity index (χ1) is 6.06. The second-order valence-corrected chi connectivity index (χ2v) is 3.51. The molecule has 0 aromatic carbocycles. The normalized spacial score (nSPS) is 11.2. The molecule has 0 rings (SSSR count). The van der Waals surface area contributed by atoms with E-state index in [0.717, 1.165) is 13.1 Å². The molecule has 0 aromatic rings. The molecule has 4 heteroatoms. The molecule has 0 saturated heterocycles. The van der Waals surface area contributed by atoms with Gasteiger partial charge in [0.1, 0.15) is 6.61 Å². The number of carbonyl (C=O) groups is 1. The summed E-state index contributed by atoms with van der Waals surface area (Å²) in [6.07, 6.45) is 0. The van der Waals surface area contributed by atoms with Gasteiger partial charge in [0.05, 0.1) is 6.54 Å². The minimum Gasteiger partial charge on any atom is -0.377 e. The monoisotopic (exact) mass is 188 g/mol. The topological polar surface area (TPSA) is 32.8 Å². The Kier molecular flexibility index (Phi) is 6.76. The Morgan fingerprint density at radius 2 is 1.85 bits per heavy atom. The maximum Gasteiger partial charge on any atom is 0.172 e. The smallest absolute Gasteiger partial charge is 0.172 e. The molecule has 0 aliphatic heterocycles. The molecule has 0 atom stereocenters. The van der Waals surface area contributed by atoms with Crippen LogP contribution >= 0.6 is 0 Å². The first-order valence-corrected chi connectivity index (χ1v) is 4.40. The van der Waals surface area contributed by atoms with Crippen LogP contribution in [0.2, 0.25) is 0 Å². The zero-order valence-corrected chi connectivity index (χ0v) is 9.04. The number of ketones is 1. The molecule has 0 unspecified atom stereocenters. The van der Waals surface area contributed by atoms with E-state index in [0.29, 0.717) is 6.54 Å². The van der Waals surface area contributed by atoms with Crippen LogP contribution < -0.4 is 0 Å². The van der Waals surface area contributed by atoms with E-state index in [1.807, 2.05) is 26.0 Å². The van der Waals surface area contributed by atoms with E-state index in [1.54, 1.807) is 0 Å². The van der Waals surface area contributed by atoms with E-state index in [1.165, 1.54) is 7.11 Å². The van der Waals surface area contributed by atoms with Crippen LogP contribution in [0.1, 0.15) is 0 Å². The van der Waals surface area contributed by atoms with Gasteiger partial charge in [0.25, 0.3) is 0 Å². The highest BCUT2D eigenvalue weighted by molar-refractivity contribution is 5.81. The Morgan fingerprint density at radius 1 is 1.23 bits per heavy atom. The minimum atomic E-state index is 0.128. The lowest BCUT2D eigenvalue weighted by Gasteiger charge is -2.18. The van der Waals surface area contributed by atoms with Crippen molar-refractivity contribution in [1.29, 1.82) is 0 Å². The van der Waals surface area contributed by atoms with Crippen molar-refractivity contribution in [3.63, 3.8) is 0 Å². The summed E-state index contributed by atoms with van der Waals surface area (Å²) in [4.78, 5) is 15.2. The highest BCUT2D eigenvalue weighted by Gasteiger charge is 2.05. The maximum atomic E-state index is 11.1. The first kappa shape index (κ1) is 12.6. The lowest BCUT2D eigenvalue weighted by Crippen LogP contribution is -2.33. The van der Waals surface area contributed by atoms with Gasteiger partial charge in [-0.3, -0.25) is 9.69 Å². The molecular weight excluding hydrogens is 168 g/mol. The van der Waals surface area contributed by atoms with Crippen molar-refractivity contribution < 1.29 is 9.53 Å². The molecule has 0 amide bonds. The molecule has 0 bridgehead atoms. The molecule has 0 aromatic heterocycles. The standard InChI is InChI=1S/C9H20N2O2/c1-10(2)5-6-11(3)7-9(12)8-13-4/h5-8H2,1-4H3. The van der Waals surface area contributed by atoms with Crippen molar-refractivity contribution in [1.82, 2.24) is 9.80 Å². The Bertz CT molecular complexity index is 149. The quantitative estimate of drug-likeness (QED) is 0.549. The summed E-state index contributed by atoms with van der Waals surface area (Å²) in [7, 11) is 7.52.